The van der Waals surface area contributed by atoms with Crippen LogP contribution in [0, 0.1) is 16.7 Å². The van der Waals surface area contributed by atoms with E-state index in [4.69, 9.17) is 4.74 Å². The normalized spacial score (nSPS) is 41.4. The summed E-state index contributed by atoms with van der Waals surface area (Å²) in [6.45, 7) is 6.49. The second-order valence-electron chi connectivity index (χ2n) is 8.71. The van der Waals surface area contributed by atoms with Crippen LogP contribution in [0.3, 0.4) is 0 Å². The van der Waals surface area contributed by atoms with Gasteiger partial charge in [0.15, 0.2) is 0 Å². The van der Waals surface area contributed by atoms with Crippen LogP contribution in [0.15, 0.2) is 22.8 Å². The molecule has 5 unspecified atom stereocenters. The molecule has 25 heavy (non-hydrogen) atoms. The highest BCUT2D eigenvalue weighted by Gasteiger charge is 2.57. The van der Waals surface area contributed by atoms with Crippen molar-refractivity contribution >= 4 is 5.97 Å². The van der Waals surface area contributed by atoms with Crippen LogP contribution in [0.25, 0.3) is 0 Å². The van der Waals surface area contributed by atoms with Gasteiger partial charge < -0.3 is 20.1 Å². The largest absolute Gasteiger partial charge is 0.458 e. The molecule has 0 saturated heterocycles. The number of rotatable bonds is 4. The van der Waals surface area contributed by atoms with Crippen LogP contribution in [0.5, 0.6) is 0 Å². The predicted molar refractivity (Wildman–Crippen MR) is 93.6 cm³/mol. The van der Waals surface area contributed by atoms with Gasteiger partial charge in [-0.1, -0.05) is 25.0 Å². The summed E-state index contributed by atoms with van der Waals surface area (Å²) in [6, 6.07) is 0. The lowest BCUT2D eigenvalue weighted by Gasteiger charge is -2.58. The molecule has 5 atom stereocenters. The molecule has 0 aromatic heterocycles. The molecule has 3 rings (SSSR count). The number of aliphatic hydroxyl groups is 3. The maximum Gasteiger partial charge on any atom is 0.331 e. The minimum Gasteiger partial charge on any atom is -0.458 e. The SMILES string of the molecule is CC1=C(CCC2=CC(=O)OC2)C2(C)CC(O)CC(C)(CO)C2C(O)C1. The number of cyclic esters (lactones) is 1. The van der Waals surface area contributed by atoms with E-state index in [1.54, 1.807) is 6.08 Å². The Morgan fingerprint density at radius 2 is 1.96 bits per heavy atom. The Morgan fingerprint density at radius 1 is 1.24 bits per heavy atom. The maximum absolute atomic E-state index is 11.3. The number of hydrogen-bond acceptors (Lipinski definition) is 5. The highest BCUT2D eigenvalue weighted by Crippen LogP contribution is 2.60. The van der Waals surface area contributed by atoms with Gasteiger partial charge in [0.05, 0.1) is 12.2 Å². The van der Waals surface area contributed by atoms with Crippen molar-refractivity contribution in [3.63, 3.8) is 0 Å². The summed E-state index contributed by atoms with van der Waals surface area (Å²) in [5.41, 5.74) is 2.59. The van der Waals surface area contributed by atoms with E-state index in [-0.39, 0.29) is 23.9 Å². The molecule has 0 amide bonds. The molecule has 2 aliphatic carbocycles. The van der Waals surface area contributed by atoms with Crippen molar-refractivity contribution < 1.29 is 24.9 Å². The lowest BCUT2D eigenvalue weighted by molar-refractivity contribution is -0.136. The second-order valence-corrected chi connectivity index (χ2v) is 8.71. The number of allylic oxidation sites excluding steroid dienone is 1. The Balaban J connectivity index is 1.92. The van der Waals surface area contributed by atoms with E-state index in [1.807, 2.05) is 6.92 Å². The monoisotopic (exact) mass is 350 g/mol. The van der Waals surface area contributed by atoms with Crippen LogP contribution >= 0.6 is 0 Å². The molecule has 1 aliphatic heterocycles. The summed E-state index contributed by atoms with van der Waals surface area (Å²) >= 11 is 0. The van der Waals surface area contributed by atoms with E-state index in [1.165, 1.54) is 11.1 Å². The number of aliphatic hydroxyl groups excluding tert-OH is 3. The summed E-state index contributed by atoms with van der Waals surface area (Å²) < 4.78 is 4.99. The maximum atomic E-state index is 11.3. The van der Waals surface area contributed by atoms with Gasteiger partial charge in [0.25, 0.3) is 0 Å². The molecule has 3 N–H and O–H groups in total. The first-order chi connectivity index (χ1) is 11.7. The zero-order chi connectivity index (χ0) is 18.4. The quantitative estimate of drug-likeness (QED) is 0.534. The first-order valence-corrected chi connectivity index (χ1v) is 9.22. The molecule has 1 fully saturated rings. The highest BCUT2D eigenvalue weighted by atomic mass is 16.5. The third-order valence-electron chi connectivity index (χ3n) is 6.68. The molecule has 3 aliphatic rings. The van der Waals surface area contributed by atoms with Gasteiger partial charge in [-0.3, -0.25) is 0 Å². The topological polar surface area (TPSA) is 87.0 Å². The summed E-state index contributed by atoms with van der Waals surface area (Å²) in [7, 11) is 0. The predicted octanol–water partition coefficient (Wildman–Crippen LogP) is 2.11. The highest BCUT2D eigenvalue weighted by molar-refractivity contribution is 5.85. The minimum atomic E-state index is -0.506. The molecular formula is C20H30O5. The number of ether oxygens (including phenoxy) is 1. The van der Waals surface area contributed by atoms with Crippen LogP contribution in [0.4, 0.5) is 0 Å². The molecular weight excluding hydrogens is 320 g/mol. The van der Waals surface area contributed by atoms with Crippen molar-refractivity contribution in [3.05, 3.63) is 22.8 Å². The molecule has 0 aromatic carbocycles. The number of fused-ring (bicyclic) bond motifs is 1. The van der Waals surface area contributed by atoms with Gasteiger partial charge >= 0.3 is 5.97 Å². The van der Waals surface area contributed by atoms with Crippen molar-refractivity contribution in [3.8, 4) is 0 Å². The van der Waals surface area contributed by atoms with Gasteiger partial charge in [0.1, 0.15) is 6.61 Å². The first kappa shape index (κ1) is 18.6. The van der Waals surface area contributed by atoms with E-state index in [2.05, 4.69) is 13.8 Å². The molecule has 0 bridgehead atoms. The van der Waals surface area contributed by atoms with Gasteiger partial charge in [-0.05, 0) is 55.4 Å². The zero-order valence-electron chi connectivity index (χ0n) is 15.4. The fourth-order valence-corrected chi connectivity index (χ4v) is 5.87. The van der Waals surface area contributed by atoms with Gasteiger partial charge in [-0.15, -0.1) is 0 Å². The average molecular weight is 350 g/mol. The Bertz CT molecular complexity index is 622. The molecule has 1 heterocycles. The number of esters is 1. The van der Waals surface area contributed by atoms with Gasteiger partial charge in [-0.25, -0.2) is 4.79 Å². The molecule has 1 saturated carbocycles. The summed E-state index contributed by atoms with van der Waals surface area (Å²) in [6.07, 6.45) is 3.85. The van der Waals surface area contributed by atoms with Crippen molar-refractivity contribution in [2.45, 2.75) is 65.1 Å². The van der Waals surface area contributed by atoms with Crippen molar-refractivity contribution in [1.29, 1.82) is 0 Å². The third-order valence-corrected chi connectivity index (χ3v) is 6.68. The summed E-state index contributed by atoms with van der Waals surface area (Å²) in [4.78, 5) is 11.3. The Labute approximate surface area is 149 Å². The lowest BCUT2D eigenvalue weighted by atomic mass is 9.48. The average Bonchev–Trinajstić information content (AvgIpc) is 2.90. The smallest absolute Gasteiger partial charge is 0.331 e. The van der Waals surface area contributed by atoms with E-state index >= 15 is 0 Å². The first-order valence-electron chi connectivity index (χ1n) is 9.22. The summed E-state index contributed by atoms with van der Waals surface area (Å²) in [5.74, 6) is -0.354. The fourth-order valence-electron chi connectivity index (χ4n) is 5.87. The van der Waals surface area contributed by atoms with Crippen molar-refractivity contribution in [2.75, 3.05) is 13.2 Å². The minimum absolute atomic E-state index is 0.0405. The number of carbonyl (C=O) groups excluding carboxylic acids is 1. The second kappa shape index (κ2) is 6.53. The van der Waals surface area contributed by atoms with E-state index in [0.717, 1.165) is 18.4 Å². The van der Waals surface area contributed by atoms with E-state index in [9.17, 15) is 20.1 Å². The molecule has 5 heteroatoms. The van der Waals surface area contributed by atoms with Crippen molar-refractivity contribution in [2.24, 2.45) is 16.7 Å². The Kier molecular flexibility index (Phi) is 4.86. The van der Waals surface area contributed by atoms with Gasteiger partial charge in [0.2, 0.25) is 0 Å². The van der Waals surface area contributed by atoms with Crippen LogP contribution < -0.4 is 0 Å². The van der Waals surface area contributed by atoms with Gasteiger partial charge in [0, 0.05) is 18.6 Å². The molecule has 0 radical (unpaired) electrons. The number of hydrogen-bond donors (Lipinski definition) is 3. The van der Waals surface area contributed by atoms with Crippen LogP contribution in [0.1, 0.15) is 52.9 Å². The molecule has 5 nitrogen and oxygen atoms in total. The lowest BCUT2D eigenvalue weighted by Crippen LogP contribution is -2.57. The van der Waals surface area contributed by atoms with Crippen molar-refractivity contribution in [1.82, 2.24) is 0 Å². The van der Waals surface area contributed by atoms with Crippen LogP contribution in [0.2, 0.25) is 0 Å². The molecule has 140 valence electrons. The third kappa shape index (κ3) is 3.18. The Hall–Kier alpha value is -1.17. The van der Waals surface area contributed by atoms with E-state index < -0.39 is 17.6 Å². The summed E-state index contributed by atoms with van der Waals surface area (Å²) in [5, 5.41) is 31.3. The van der Waals surface area contributed by atoms with Gasteiger partial charge in [-0.2, -0.15) is 0 Å². The zero-order valence-corrected chi connectivity index (χ0v) is 15.4. The van der Waals surface area contributed by atoms with E-state index in [0.29, 0.717) is 25.9 Å². The standard InChI is InChI=1S/C20H30O5/c1-12-6-16(23)18-19(2,11-21)8-14(22)9-20(18,3)15(12)5-4-13-7-17(24)25-10-13/h7,14,16,18,21-23H,4-6,8-11H2,1-3H3. The Morgan fingerprint density at radius 3 is 2.56 bits per heavy atom. The molecule has 0 aromatic rings. The van der Waals surface area contributed by atoms with Crippen LogP contribution in [-0.4, -0.2) is 46.7 Å². The molecule has 0 spiro atoms. The number of carbonyl (C=O) groups is 1. The fraction of sp³-hybridized carbons (Fsp3) is 0.750. The van der Waals surface area contributed by atoms with Crippen LogP contribution in [-0.2, 0) is 9.53 Å².